The predicted molar refractivity (Wildman–Crippen MR) is 76.7 cm³/mol. The summed E-state index contributed by atoms with van der Waals surface area (Å²) in [7, 11) is 0. The standard InChI is InChI=1S/C14H11ClN4/c15-7-9-5-6-17-8-11(9)14-18-12-4-2-1-3-10(12)13(16)19-14/h1-6,8H,7H2,(H2,16,18,19). The van der Waals surface area contributed by atoms with Crippen LogP contribution in [0.2, 0.25) is 0 Å². The summed E-state index contributed by atoms with van der Waals surface area (Å²) in [5.41, 5.74) is 8.55. The van der Waals surface area contributed by atoms with Crippen molar-refractivity contribution < 1.29 is 0 Å². The highest BCUT2D eigenvalue weighted by atomic mass is 35.5. The molecule has 4 nitrogen and oxygen atoms in total. The molecule has 94 valence electrons. The van der Waals surface area contributed by atoms with Crippen LogP contribution in [-0.2, 0) is 5.88 Å². The predicted octanol–water partition coefficient (Wildman–Crippen LogP) is 3.01. The number of nitrogens with zero attached hydrogens (tertiary/aromatic N) is 3. The van der Waals surface area contributed by atoms with E-state index in [4.69, 9.17) is 17.3 Å². The van der Waals surface area contributed by atoms with E-state index < -0.39 is 0 Å². The summed E-state index contributed by atoms with van der Waals surface area (Å²) in [5.74, 6) is 1.40. The molecule has 19 heavy (non-hydrogen) atoms. The van der Waals surface area contributed by atoms with Crippen molar-refractivity contribution in [2.75, 3.05) is 5.73 Å². The first kappa shape index (κ1) is 11.9. The maximum atomic E-state index is 5.98. The number of benzene rings is 1. The number of nitrogen functional groups attached to an aromatic ring is 1. The zero-order valence-corrected chi connectivity index (χ0v) is 10.8. The quantitative estimate of drug-likeness (QED) is 0.727. The van der Waals surface area contributed by atoms with Gasteiger partial charge in [0.2, 0.25) is 0 Å². The Hall–Kier alpha value is -2.20. The van der Waals surface area contributed by atoms with Crippen LogP contribution >= 0.6 is 11.6 Å². The van der Waals surface area contributed by atoms with Crippen molar-refractivity contribution in [1.82, 2.24) is 15.0 Å². The Morgan fingerprint density at radius 2 is 1.95 bits per heavy atom. The first-order valence-corrected chi connectivity index (χ1v) is 6.34. The number of pyridine rings is 1. The third kappa shape index (κ3) is 2.11. The van der Waals surface area contributed by atoms with Crippen molar-refractivity contribution in [3.8, 4) is 11.4 Å². The second-order valence-electron chi connectivity index (χ2n) is 4.12. The molecular weight excluding hydrogens is 260 g/mol. The molecule has 0 unspecified atom stereocenters. The van der Waals surface area contributed by atoms with Gasteiger partial charge in [0.05, 0.1) is 5.52 Å². The van der Waals surface area contributed by atoms with E-state index in [9.17, 15) is 0 Å². The maximum absolute atomic E-state index is 5.98. The van der Waals surface area contributed by atoms with Crippen LogP contribution in [0.5, 0.6) is 0 Å². The van der Waals surface area contributed by atoms with Crippen LogP contribution < -0.4 is 5.73 Å². The second kappa shape index (κ2) is 4.82. The fourth-order valence-electron chi connectivity index (χ4n) is 1.96. The largest absolute Gasteiger partial charge is 0.383 e. The van der Waals surface area contributed by atoms with E-state index >= 15 is 0 Å². The second-order valence-corrected chi connectivity index (χ2v) is 4.38. The third-order valence-electron chi connectivity index (χ3n) is 2.93. The highest BCUT2D eigenvalue weighted by molar-refractivity contribution is 6.17. The lowest BCUT2D eigenvalue weighted by atomic mass is 10.1. The van der Waals surface area contributed by atoms with Crippen molar-refractivity contribution in [1.29, 1.82) is 0 Å². The van der Waals surface area contributed by atoms with Crippen LogP contribution in [0.3, 0.4) is 0 Å². The minimum atomic E-state index is 0.383. The molecule has 0 aliphatic heterocycles. The van der Waals surface area contributed by atoms with Crippen molar-refractivity contribution >= 4 is 28.3 Å². The van der Waals surface area contributed by atoms with Crippen LogP contribution in [0.25, 0.3) is 22.3 Å². The van der Waals surface area contributed by atoms with Gasteiger partial charge in [0.25, 0.3) is 0 Å². The summed E-state index contributed by atoms with van der Waals surface area (Å²) in [6.45, 7) is 0. The molecule has 0 atom stereocenters. The molecule has 0 fully saturated rings. The van der Waals surface area contributed by atoms with Gasteiger partial charge in [-0.2, -0.15) is 0 Å². The van der Waals surface area contributed by atoms with E-state index in [2.05, 4.69) is 15.0 Å². The minimum absolute atomic E-state index is 0.383. The van der Waals surface area contributed by atoms with E-state index in [0.717, 1.165) is 22.0 Å². The number of rotatable bonds is 2. The molecule has 2 N–H and O–H groups in total. The highest BCUT2D eigenvalue weighted by Crippen LogP contribution is 2.25. The average Bonchev–Trinajstić information content (AvgIpc) is 2.47. The van der Waals surface area contributed by atoms with Crippen molar-refractivity contribution in [3.63, 3.8) is 0 Å². The van der Waals surface area contributed by atoms with E-state index in [0.29, 0.717) is 17.5 Å². The summed E-state index contributed by atoms with van der Waals surface area (Å²) in [4.78, 5) is 13.0. The molecule has 0 spiro atoms. The van der Waals surface area contributed by atoms with Gasteiger partial charge in [-0.3, -0.25) is 4.98 Å². The zero-order valence-electron chi connectivity index (χ0n) is 10.0. The fourth-order valence-corrected chi connectivity index (χ4v) is 2.20. The summed E-state index contributed by atoms with van der Waals surface area (Å²) in [5, 5.41) is 0.850. The van der Waals surface area contributed by atoms with E-state index in [-0.39, 0.29) is 0 Å². The van der Waals surface area contributed by atoms with Crippen molar-refractivity contribution in [2.24, 2.45) is 0 Å². The topological polar surface area (TPSA) is 64.7 Å². The van der Waals surface area contributed by atoms with Gasteiger partial charge in [-0.15, -0.1) is 11.6 Å². The van der Waals surface area contributed by atoms with Gasteiger partial charge >= 0.3 is 0 Å². The molecule has 0 saturated carbocycles. The number of fused-ring (bicyclic) bond motifs is 1. The minimum Gasteiger partial charge on any atom is -0.383 e. The summed E-state index contributed by atoms with van der Waals surface area (Å²) < 4.78 is 0. The molecule has 0 bridgehead atoms. The van der Waals surface area contributed by atoms with E-state index in [1.807, 2.05) is 30.3 Å². The number of nitrogens with two attached hydrogens (primary N) is 1. The van der Waals surface area contributed by atoms with E-state index in [1.54, 1.807) is 12.4 Å². The van der Waals surface area contributed by atoms with Crippen molar-refractivity contribution in [2.45, 2.75) is 5.88 Å². The number of para-hydroxylation sites is 1. The SMILES string of the molecule is Nc1nc(-c2cnccc2CCl)nc2ccccc12. The highest BCUT2D eigenvalue weighted by Gasteiger charge is 2.10. The summed E-state index contributed by atoms with van der Waals surface area (Å²) >= 11 is 5.93. The first-order valence-electron chi connectivity index (χ1n) is 5.81. The Labute approximate surface area is 115 Å². The Kier molecular flexibility index (Phi) is 3.01. The van der Waals surface area contributed by atoms with Crippen LogP contribution in [0.15, 0.2) is 42.7 Å². The molecule has 1 aromatic carbocycles. The van der Waals surface area contributed by atoms with Gasteiger partial charge in [0, 0.05) is 29.2 Å². The molecular formula is C14H11ClN4. The summed E-state index contributed by atoms with van der Waals surface area (Å²) in [6, 6.07) is 9.51. The lowest BCUT2D eigenvalue weighted by Crippen LogP contribution is -1.99. The molecule has 0 aliphatic rings. The molecule has 2 aromatic heterocycles. The normalized spacial score (nSPS) is 10.8. The van der Waals surface area contributed by atoms with Crippen LogP contribution in [0.4, 0.5) is 5.82 Å². The smallest absolute Gasteiger partial charge is 0.164 e. The van der Waals surface area contributed by atoms with Crippen LogP contribution in [0.1, 0.15) is 5.56 Å². The lowest BCUT2D eigenvalue weighted by Gasteiger charge is -2.07. The van der Waals surface area contributed by atoms with Crippen molar-refractivity contribution in [3.05, 3.63) is 48.3 Å². The molecule has 3 aromatic rings. The molecule has 0 aliphatic carbocycles. The van der Waals surface area contributed by atoms with Gasteiger partial charge in [-0.1, -0.05) is 12.1 Å². The number of hydrogen-bond acceptors (Lipinski definition) is 4. The number of alkyl halides is 1. The third-order valence-corrected chi connectivity index (χ3v) is 3.22. The maximum Gasteiger partial charge on any atom is 0.164 e. The zero-order chi connectivity index (χ0) is 13.2. The molecule has 0 amide bonds. The average molecular weight is 271 g/mol. The van der Waals surface area contributed by atoms with Gasteiger partial charge in [-0.05, 0) is 23.8 Å². The van der Waals surface area contributed by atoms with Gasteiger partial charge in [0.15, 0.2) is 5.82 Å². The molecule has 0 radical (unpaired) electrons. The Bertz CT molecular complexity index is 742. The summed E-state index contributed by atoms with van der Waals surface area (Å²) in [6.07, 6.45) is 3.41. The van der Waals surface area contributed by atoms with Crippen LogP contribution in [-0.4, -0.2) is 15.0 Å². The van der Waals surface area contributed by atoms with Gasteiger partial charge in [-0.25, -0.2) is 9.97 Å². The molecule has 2 heterocycles. The van der Waals surface area contributed by atoms with Gasteiger partial charge in [0.1, 0.15) is 5.82 Å². The Balaban J connectivity index is 2.26. The lowest BCUT2D eigenvalue weighted by molar-refractivity contribution is 1.18. The first-order chi connectivity index (χ1) is 9.29. The monoisotopic (exact) mass is 270 g/mol. The molecule has 3 rings (SSSR count). The number of aromatic nitrogens is 3. The Morgan fingerprint density at radius 3 is 2.79 bits per heavy atom. The van der Waals surface area contributed by atoms with Crippen LogP contribution in [0, 0.1) is 0 Å². The van der Waals surface area contributed by atoms with E-state index in [1.165, 1.54) is 0 Å². The number of halogens is 1. The van der Waals surface area contributed by atoms with Gasteiger partial charge < -0.3 is 5.73 Å². The Morgan fingerprint density at radius 1 is 1.11 bits per heavy atom. The number of hydrogen-bond donors (Lipinski definition) is 1. The molecule has 0 saturated heterocycles. The molecule has 5 heteroatoms. The number of anilines is 1. The fraction of sp³-hybridized carbons (Fsp3) is 0.0714.